The molecule has 126 valence electrons. The molecule has 1 heteroatoms. The lowest BCUT2D eigenvalue weighted by Crippen LogP contribution is -2.30. The molecule has 0 aliphatic carbocycles. The largest absolute Gasteiger partial charge is 0.0716 e. The highest BCUT2D eigenvalue weighted by atomic mass is 28.3. The van der Waals surface area contributed by atoms with Crippen molar-refractivity contribution in [2.45, 2.75) is 77.3 Å². The summed E-state index contributed by atoms with van der Waals surface area (Å²) in [5, 5.41) is 4.71. The number of benzene rings is 2. The van der Waals surface area contributed by atoms with E-state index >= 15 is 0 Å². The minimum atomic E-state index is -0.828. The Balaban J connectivity index is 2.09. The standard InChI is InChI=1S/C22H34Si/c1-3-5-7-11-18-23(19-12-8-6-4-2)22-17-13-15-20-14-9-10-16-21(20)22/h9-10,13-17,23H,3-8,11-12,18-19H2,1-2H3. The first kappa shape index (κ1) is 18.3. The van der Waals surface area contributed by atoms with E-state index in [1.165, 1.54) is 74.2 Å². The van der Waals surface area contributed by atoms with E-state index in [1.54, 1.807) is 5.19 Å². The average molecular weight is 327 g/mol. The summed E-state index contributed by atoms with van der Waals surface area (Å²) in [4.78, 5) is 0. The number of hydrogen-bond donors (Lipinski definition) is 0. The van der Waals surface area contributed by atoms with Gasteiger partial charge in [0.25, 0.3) is 0 Å². The molecule has 0 amide bonds. The van der Waals surface area contributed by atoms with Gasteiger partial charge in [0.05, 0.1) is 8.80 Å². The molecule has 0 N–H and O–H groups in total. The smallest absolute Gasteiger partial charge is 0.0654 e. The summed E-state index contributed by atoms with van der Waals surface area (Å²) in [6.45, 7) is 4.62. The van der Waals surface area contributed by atoms with Crippen LogP contribution in [0.2, 0.25) is 12.1 Å². The highest BCUT2D eigenvalue weighted by molar-refractivity contribution is 6.75. The normalized spacial score (nSPS) is 11.4. The quantitative estimate of drug-likeness (QED) is 0.329. The van der Waals surface area contributed by atoms with Gasteiger partial charge >= 0.3 is 0 Å². The predicted molar refractivity (Wildman–Crippen MR) is 109 cm³/mol. The van der Waals surface area contributed by atoms with Gasteiger partial charge in [0, 0.05) is 0 Å². The number of rotatable bonds is 11. The fraction of sp³-hybridized carbons (Fsp3) is 0.545. The second-order valence-electron chi connectivity index (χ2n) is 6.96. The van der Waals surface area contributed by atoms with E-state index < -0.39 is 8.80 Å². The first-order chi connectivity index (χ1) is 11.4. The van der Waals surface area contributed by atoms with Crippen molar-refractivity contribution < 1.29 is 0 Å². The lowest BCUT2D eigenvalue weighted by Gasteiger charge is -2.18. The third-order valence-corrected chi connectivity index (χ3v) is 8.67. The average Bonchev–Trinajstić information content (AvgIpc) is 2.60. The molecule has 0 heterocycles. The van der Waals surface area contributed by atoms with E-state index in [-0.39, 0.29) is 0 Å². The summed E-state index contributed by atoms with van der Waals surface area (Å²) in [6.07, 6.45) is 11.3. The van der Waals surface area contributed by atoms with Gasteiger partial charge in [-0.1, -0.05) is 125 Å². The molecule has 0 nitrogen and oxygen atoms in total. The van der Waals surface area contributed by atoms with E-state index in [0.717, 1.165) is 0 Å². The van der Waals surface area contributed by atoms with Crippen LogP contribution in [0.4, 0.5) is 0 Å². The van der Waals surface area contributed by atoms with Crippen LogP contribution in [-0.2, 0) is 0 Å². The Hall–Kier alpha value is -1.08. The fourth-order valence-electron chi connectivity index (χ4n) is 3.70. The first-order valence-electron chi connectivity index (χ1n) is 9.84. The number of unbranched alkanes of at least 4 members (excludes halogenated alkanes) is 6. The van der Waals surface area contributed by atoms with E-state index in [4.69, 9.17) is 0 Å². The molecule has 0 fully saturated rings. The zero-order valence-corrected chi connectivity index (χ0v) is 16.3. The summed E-state index contributed by atoms with van der Waals surface area (Å²) in [5.41, 5.74) is 0. The maximum absolute atomic E-state index is 2.44. The molecular weight excluding hydrogens is 292 g/mol. The Kier molecular flexibility index (Phi) is 8.45. The van der Waals surface area contributed by atoms with Crippen molar-refractivity contribution in [2.75, 3.05) is 0 Å². The van der Waals surface area contributed by atoms with Crippen molar-refractivity contribution in [3.63, 3.8) is 0 Å². The second-order valence-corrected chi connectivity index (χ2v) is 10.1. The number of fused-ring (bicyclic) bond motifs is 1. The zero-order chi connectivity index (χ0) is 16.3. The van der Waals surface area contributed by atoms with Crippen LogP contribution in [0.15, 0.2) is 42.5 Å². The second kappa shape index (κ2) is 10.6. The van der Waals surface area contributed by atoms with E-state index in [0.29, 0.717) is 0 Å². The summed E-state index contributed by atoms with van der Waals surface area (Å²) in [6, 6.07) is 19.0. The van der Waals surface area contributed by atoms with Crippen LogP contribution in [0.3, 0.4) is 0 Å². The van der Waals surface area contributed by atoms with Crippen molar-refractivity contribution in [1.29, 1.82) is 0 Å². The summed E-state index contributed by atoms with van der Waals surface area (Å²) >= 11 is 0. The van der Waals surface area contributed by atoms with Gasteiger partial charge in [-0.15, -0.1) is 0 Å². The maximum atomic E-state index is 2.44. The Labute approximate surface area is 144 Å². The molecule has 0 unspecified atom stereocenters. The van der Waals surface area contributed by atoms with Crippen LogP contribution in [0.1, 0.15) is 65.2 Å². The Morgan fingerprint density at radius 2 is 1.26 bits per heavy atom. The lowest BCUT2D eigenvalue weighted by molar-refractivity contribution is 0.687. The highest BCUT2D eigenvalue weighted by Crippen LogP contribution is 2.18. The maximum Gasteiger partial charge on any atom is 0.0716 e. The van der Waals surface area contributed by atoms with Crippen LogP contribution >= 0.6 is 0 Å². The molecular formula is C22H34Si. The predicted octanol–water partition coefficient (Wildman–Crippen LogP) is 6.43. The minimum Gasteiger partial charge on any atom is -0.0654 e. The molecule has 0 saturated carbocycles. The van der Waals surface area contributed by atoms with Gasteiger partial charge < -0.3 is 0 Å². The third-order valence-electron chi connectivity index (χ3n) is 5.08. The van der Waals surface area contributed by atoms with E-state index in [2.05, 4.69) is 56.3 Å². The van der Waals surface area contributed by atoms with E-state index in [9.17, 15) is 0 Å². The van der Waals surface area contributed by atoms with Crippen LogP contribution in [-0.4, -0.2) is 8.80 Å². The zero-order valence-electron chi connectivity index (χ0n) is 15.2. The van der Waals surface area contributed by atoms with E-state index in [1.807, 2.05) is 0 Å². The number of hydrogen-bond acceptors (Lipinski definition) is 0. The Bertz CT molecular complexity index is 543. The minimum absolute atomic E-state index is 0.828. The van der Waals surface area contributed by atoms with Gasteiger partial charge in [0.1, 0.15) is 0 Å². The Morgan fingerprint density at radius 3 is 1.91 bits per heavy atom. The highest BCUT2D eigenvalue weighted by Gasteiger charge is 2.15. The first-order valence-corrected chi connectivity index (χ1v) is 12.1. The van der Waals surface area contributed by atoms with Gasteiger partial charge in [0.2, 0.25) is 0 Å². The Morgan fingerprint density at radius 1 is 0.652 bits per heavy atom. The van der Waals surface area contributed by atoms with Gasteiger partial charge in [-0.2, -0.15) is 0 Å². The molecule has 0 atom stereocenters. The van der Waals surface area contributed by atoms with Gasteiger partial charge in [-0.05, 0) is 10.8 Å². The van der Waals surface area contributed by atoms with Crippen LogP contribution in [0, 0.1) is 0 Å². The molecule has 23 heavy (non-hydrogen) atoms. The summed E-state index contributed by atoms with van der Waals surface area (Å²) in [5.74, 6) is 0. The fourth-order valence-corrected chi connectivity index (χ4v) is 7.26. The molecule has 0 spiro atoms. The topological polar surface area (TPSA) is 0 Å². The van der Waals surface area contributed by atoms with Crippen molar-refractivity contribution in [1.82, 2.24) is 0 Å². The lowest BCUT2D eigenvalue weighted by atomic mass is 10.1. The van der Waals surface area contributed by atoms with Crippen molar-refractivity contribution in [2.24, 2.45) is 0 Å². The molecule has 0 aliphatic heterocycles. The molecule has 0 bridgehead atoms. The van der Waals surface area contributed by atoms with Crippen molar-refractivity contribution >= 4 is 24.8 Å². The molecule has 0 saturated heterocycles. The van der Waals surface area contributed by atoms with Gasteiger partial charge in [-0.3, -0.25) is 0 Å². The van der Waals surface area contributed by atoms with Crippen molar-refractivity contribution in [3.05, 3.63) is 42.5 Å². The molecule has 2 aromatic carbocycles. The molecule has 0 radical (unpaired) electrons. The summed E-state index contributed by atoms with van der Waals surface area (Å²) in [7, 11) is -0.828. The molecule has 2 aromatic rings. The van der Waals surface area contributed by atoms with Gasteiger partial charge in [-0.25, -0.2) is 0 Å². The summed E-state index contributed by atoms with van der Waals surface area (Å²) < 4.78 is 0. The van der Waals surface area contributed by atoms with Crippen molar-refractivity contribution in [3.8, 4) is 0 Å². The van der Waals surface area contributed by atoms with Gasteiger partial charge in [0.15, 0.2) is 0 Å². The molecule has 0 aliphatic rings. The van der Waals surface area contributed by atoms with Crippen LogP contribution in [0.5, 0.6) is 0 Å². The molecule has 2 rings (SSSR count). The van der Waals surface area contributed by atoms with Crippen LogP contribution < -0.4 is 5.19 Å². The third kappa shape index (κ3) is 5.80. The molecule has 0 aromatic heterocycles. The van der Waals surface area contributed by atoms with Crippen LogP contribution in [0.25, 0.3) is 10.8 Å². The SMILES string of the molecule is CCCCCC[SiH](CCCCCC)c1cccc2ccccc12. The monoisotopic (exact) mass is 326 g/mol.